The summed E-state index contributed by atoms with van der Waals surface area (Å²) in [5.41, 5.74) is 1.63. The topological polar surface area (TPSA) is 80.3 Å². The van der Waals surface area contributed by atoms with Crippen LogP contribution in [0.3, 0.4) is 0 Å². The summed E-state index contributed by atoms with van der Waals surface area (Å²) in [4.78, 5) is 27.3. The Morgan fingerprint density at radius 2 is 1.90 bits per heavy atom. The maximum Gasteiger partial charge on any atom is 0.257 e. The molecular weight excluding hydrogens is 270 g/mol. The van der Waals surface area contributed by atoms with Crippen LogP contribution < -0.4 is 10.6 Å². The molecule has 0 aliphatic rings. The van der Waals surface area contributed by atoms with Crippen molar-refractivity contribution in [3.8, 4) is 0 Å². The van der Waals surface area contributed by atoms with E-state index in [0.29, 0.717) is 16.9 Å². The second-order valence-corrected chi connectivity index (χ2v) is 4.26. The van der Waals surface area contributed by atoms with E-state index in [0.717, 1.165) is 0 Å². The fraction of sp³-hybridized carbons (Fsp3) is 0.133. The highest BCUT2D eigenvalue weighted by Gasteiger charge is 2.07. The molecule has 1 aromatic heterocycles. The summed E-state index contributed by atoms with van der Waals surface area (Å²) in [5.74, 6) is -0.517. The van der Waals surface area contributed by atoms with E-state index in [9.17, 15) is 9.59 Å². The number of hydrogen-bond donors (Lipinski definition) is 2. The molecule has 2 amide bonds. The van der Waals surface area contributed by atoms with Crippen LogP contribution in [0.25, 0.3) is 0 Å². The molecule has 0 atom stereocenters. The number of aromatic nitrogens is 1. The average Bonchev–Trinajstić information content (AvgIpc) is 2.48. The molecule has 1 aromatic carbocycles. The van der Waals surface area contributed by atoms with E-state index in [2.05, 4.69) is 15.6 Å². The first-order chi connectivity index (χ1) is 10.2. The van der Waals surface area contributed by atoms with Crippen LogP contribution in [0, 0.1) is 0 Å². The van der Waals surface area contributed by atoms with Gasteiger partial charge in [0.25, 0.3) is 5.91 Å². The third kappa shape index (κ3) is 4.39. The Morgan fingerprint density at radius 3 is 2.57 bits per heavy atom. The lowest BCUT2D eigenvalue weighted by atomic mass is 10.2. The smallest absolute Gasteiger partial charge is 0.257 e. The van der Waals surface area contributed by atoms with Gasteiger partial charge in [-0.25, -0.2) is 0 Å². The highest BCUT2D eigenvalue weighted by molar-refractivity contribution is 6.04. The number of rotatable bonds is 5. The number of amides is 2. The van der Waals surface area contributed by atoms with Crippen LogP contribution >= 0.6 is 0 Å². The Kier molecular flexibility index (Phi) is 5.00. The SMILES string of the molecule is COCC(=O)Nc1cccc(NC(=O)c2cccnc2)c1. The van der Waals surface area contributed by atoms with Gasteiger partial charge in [-0.1, -0.05) is 6.07 Å². The molecule has 2 aromatic rings. The van der Waals surface area contributed by atoms with Crippen LogP contribution in [0.4, 0.5) is 11.4 Å². The van der Waals surface area contributed by atoms with Gasteiger partial charge in [-0.05, 0) is 30.3 Å². The van der Waals surface area contributed by atoms with Crippen molar-refractivity contribution in [2.24, 2.45) is 0 Å². The van der Waals surface area contributed by atoms with Crippen molar-refractivity contribution < 1.29 is 14.3 Å². The number of anilines is 2. The molecule has 2 N–H and O–H groups in total. The predicted octanol–water partition coefficient (Wildman–Crippen LogP) is 1.92. The van der Waals surface area contributed by atoms with Crippen LogP contribution in [0.5, 0.6) is 0 Å². The maximum atomic E-state index is 12.0. The van der Waals surface area contributed by atoms with E-state index in [4.69, 9.17) is 4.74 Å². The lowest BCUT2D eigenvalue weighted by Gasteiger charge is -2.08. The van der Waals surface area contributed by atoms with Crippen LogP contribution in [-0.4, -0.2) is 30.5 Å². The number of carbonyl (C=O) groups is 2. The van der Waals surface area contributed by atoms with Gasteiger partial charge in [-0.3, -0.25) is 14.6 Å². The number of benzene rings is 1. The van der Waals surface area contributed by atoms with Gasteiger partial charge in [0.15, 0.2) is 0 Å². The first-order valence-electron chi connectivity index (χ1n) is 6.29. The molecule has 0 fully saturated rings. The zero-order valence-corrected chi connectivity index (χ0v) is 11.5. The number of ether oxygens (including phenoxy) is 1. The van der Waals surface area contributed by atoms with Crippen molar-refractivity contribution in [1.82, 2.24) is 4.98 Å². The molecular formula is C15H15N3O3. The van der Waals surface area contributed by atoms with Gasteiger partial charge in [-0.15, -0.1) is 0 Å². The van der Waals surface area contributed by atoms with Crippen LogP contribution in [-0.2, 0) is 9.53 Å². The molecule has 6 nitrogen and oxygen atoms in total. The maximum absolute atomic E-state index is 12.0. The molecule has 108 valence electrons. The van der Waals surface area contributed by atoms with Gasteiger partial charge >= 0.3 is 0 Å². The summed E-state index contributed by atoms with van der Waals surface area (Å²) in [6.45, 7) is -0.0216. The Bertz CT molecular complexity index is 629. The predicted molar refractivity (Wildman–Crippen MR) is 79.1 cm³/mol. The van der Waals surface area contributed by atoms with Gasteiger partial charge in [-0.2, -0.15) is 0 Å². The Morgan fingerprint density at radius 1 is 1.14 bits per heavy atom. The fourth-order valence-corrected chi connectivity index (χ4v) is 1.70. The first kappa shape index (κ1) is 14.7. The van der Waals surface area contributed by atoms with Gasteiger partial charge in [0.05, 0.1) is 5.56 Å². The molecule has 0 saturated carbocycles. The molecule has 0 spiro atoms. The lowest BCUT2D eigenvalue weighted by molar-refractivity contribution is -0.119. The summed E-state index contributed by atoms with van der Waals surface area (Å²) in [5, 5.41) is 5.41. The molecule has 0 bridgehead atoms. The molecule has 0 aliphatic heterocycles. The molecule has 6 heteroatoms. The molecule has 1 heterocycles. The number of nitrogens with one attached hydrogen (secondary N) is 2. The fourth-order valence-electron chi connectivity index (χ4n) is 1.70. The van der Waals surface area contributed by atoms with Crippen molar-refractivity contribution in [3.63, 3.8) is 0 Å². The minimum Gasteiger partial charge on any atom is -0.375 e. The van der Waals surface area contributed by atoms with Crippen molar-refractivity contribution in [2.75, 3.05) is 24.4 Å². The monoisotopic (exact) mass is 285 g/mol. The van der Waals surface area contributed by atoms with Gasteiger partial charge in [0.1, 0.15) is 6.61 Å². The van der Waals surface area contributed by atoms with Crippen molar-refractivity contribution in [3.05, 3.63) is 54.4 Å². The highest BCUT2D eigenvalue weighted by Crippen LogP contribution is 2.16. The zero-order chi connectivity index (χ0) is 15.1. The third-order valence-corrected chi connectivity index (χ3v) is 2.60. The Hall–Kier alpha value is -2.73. The summed E-state index contributed by atoms with van der Waals surface area (Å²) in [6, 6.07) is 10.2. The Balaban J connectivity index is 2.04. The second kappa shape index (κ2) is 7.16. The minimum atomic E-state index is -0.261. The molecule has 0 aliphatic carbocycles. The van der Waals surface area contributed by atoms with Crippen LogP contribution in [0.15, 0.2) is 48.8 Å². The second-order valence-electron chi connectivity index (χ2n) is 4.26. The lowest BCUT2D eigenvalue weighted by Crippen LogP contribution is -2.17. The number of nitrogens with zero attached hydrogens (tertiary/aromatic N) is 1. The van der Waals surface area contributed by atoms with E-state index in [1.807, 2.05) is 0 Å². The molecule has 0 saturated heterocycles. The van der Waals surface area contributed by atoms with E-state index in [1.54, 1.807) is 42.6 Å². The number of carbonyl (C=O) groups excluding carboxylic acids is 2. The number of pyridine rings is 1. The summed E-state index contributed by atoms with van der Waals surface area (Å²) in [7, 11) is 1.45. The van der Waals surface area contributed by atoms with E-state index in [1.165, 1.54) is 13.3 Å². The van der Waals surface area contributed by atoms with Gasteiger partial charge in [0, 0.05) is 30.9 Å². The van der Waals surface area contributed by atoms with Crippen LogP contribution in [0.2, 0.25) is 0 Å². The van der Waals surface area contributed by atoms with Crippen molar-refractivity contribution in [2.45, 2.75) is 0 Å². The van der Waals surface area contributed by atoms with E-state index in [-0.39, 0.29) is 18.4 Å². The van der Waals surface area contributed by atoms with E-state index >= 15 is 0 Å². The minimum absolute atomic E-state index is 0.0216. The first-order valence-corrected chi connectivity index (χ1v) is 6.29. The molecule has 21 heavy (non-hydrogen) atoms. The van der Waals surface area contributed by atoms with Gasteiger partial charge in [0.2, 0.25) is 5.91 Å². The largest absolute Gasteiger partial charge is 0.375 e. The van der Waals surface area contributed by atoms with Crippen molar-refractivity contribution >= 4 is 23.2 Å². The molecule has 0 radical (unpaired) electrons. The van der Waals surface area contributed by atoms with E-state index < -0.39 is 0 Å². The Labute approximate surface area is 122 Å². The summed E-state index contributed by atoms with van der Waals surface area (Å²) >= 11 is 0. The quantitative estimate of drug-likeness (QED) is 0.879. The average molecular weight is 285 g/mol. The third-order valence-electron chi connectivity index (χ3n) is 2.60. The van der Waals surface area contributed by atoms with Gasteiger partial charge < -0.3 is 15.4 Å². The summed E-state index contributed by atoms with van der Waals surface area (Å²) < 4.78 is 4.74. The summed E-state index contributed by atoms with van der Waals surface area (Å²) in [6.07, 6.45) is 3.09. The number of hydrogen-bond acceptors (Lipinski definition) is 4. The number of methoxy groups -OCH3 is 1. The van der Waals surface area contributed by atoms with Crippen molar-refractivity contribution in [1.29, 1.82) is 0 Å². The molecule has 2 rings (SSSR count). The normalized spacial score (nSPS) is 9.95. The molecule has 0 unspecified atom stereocenters. The standard InChI is InChI=1S/C15H15N3O3/c1-21-10-14(19)17-12-5-2-6-13(8-12)18-15(20)11-4-3-7-16-9-11/h2-9H,10H2,1H3,(H,17,19)(H,18,20). The highest BCUT2D eigenvalue weighted by atomic mass is 16.5. The van der Waals surface area contributed by atoms with Crippen LogP contribution in [0.1, 0.15) is 10.4 Å². The zero-order valence-electron chi connectivity index (χ0n) is 11.5.